The van der Waals surface area contributed by atoms with Crippen molar-refractivity contribution in [1.29, 1.82) is 0 Å². The van der Waals surface area contributed by atoms with Crippen molar-refractivity contribution in [2.75, 3.05) is 29.9 Å². The Bertz CT molecular complexity index is 828. The zero-order valence-corrected chi connectivity index (χ0v) is 15.0. The third-order valence-electron chi connectivity index (χ3n) is 4.39. The minimum Gasteiger partial charge on any atom is -0.359 e. The molecule has 2 heterocycles. The van der Waals surface area contributed by atoms with E-state index in [9.17, 15) is 13.2 Å². The molecule has 0 saturated carbocycles. The van der Waals surface area contributed by atoms with Crippen LogP contribution in [0, 0.1) is 13.8 Å². The summed E-state index contributed by atoms with van der Waals surface area (Å²) in [6.45, 7) is 4.16. The maximum absolute atomic E-state index is 13.0. The molecule has 1 aliphatic heterocycles. The van der Waals surface area contributed by atoms with Gasteiger partial charge in [-0.1, -0.05) is 35.5 Å². The molecule has 1 aromatic carbocycles. The molecular formula is C17H21N3O4S. The quantitative estimate of drug-likeness (QED) is 0.889. The molecule has 25 heavy (non-hydrogen) atoms. The first-order valence-electron chi connectivity index (χ1n) is 8.10. The van der Waals surface area contributed by atoms with Crippen molar-refractivity contribution in [3.8, 4) is 0 Å². The van der Waals surface area contributed by atoms with Crippen LogP contribution >= 0.6 is 0 Å². The number of aryl methyl sites for hydroxylation is 2. The van der Waals surface area contributed by atoms with Gasteiger partial charge in [0, 0.05) is 13.1 Å². The molecule has 2 aromatic rings. The lowest BCUT2D eigenvalue weighted by Crippen LogP contribution is -2.46. The predicted molar refractivity (Wildman–Crippen MR) is 94.0 cm³/mol. The second-order valence-electron chi connectivity index (χ2n) is 6.19. The molecule has 3 rings (SSSR count). The van der Waals surface area contributed by atoms with Crippen LogP contribution < -0.4 is 5.32 Å². The lowest BCUT2D eigenvalue weighted by Gasteiger charge is -2.33. The van der Waals surface area contributed by atoms with E-state index in [1.165, 1.54) is 0 Å². The summed E-state index contributed by atoms with van der Waals surface area (Å²) in [7, 11) is -3.02. The van der Waals surface area contributed by atoms with E-state index in [0.717, 1.165) is 5.56 Å². The van der Waals surface area contributed by atoms with Gasteiger partial charge in [-0.25, -0.2) is 8.42 Å². The van der Waals surface area contributed by atoms with E-state index in [0.29, 0.717) is 30.2 Å². The largest absolute Gasteiger partial charge is 0.359 e. The van der Waals surface area contributed by atoms with Gasteiger partial charge in [0.1, 0.15) is 17.4 Å². The van der Waals surface area contributed by atoms with Crippen LogP contribution in [0.1, 0.15) is 23.1 Å². The van der Waals surface area contributed by atoms with Gasteiger partial charge in [-0.05, 0) is 19.4 Å². The van der Waals surface area contributed by atoms with E-state index in [1.807, 2.05) is 35.2 Å². The maximum atomic E-state index is 13.0. The van der Waals surface area contributed by atoms with Gasteiger partial charge in [0.15, 0.2) is 15.6 Å². The fourth-order valence-corrected chi connectivity index (χ4v) is 4.23. The van der Waals surface area contributed by atoms with Crippen molar-refractivity contribution < 1.29 is 17.7 Å². The summed E-state index contributed by atoms with van der Waals surface area (Å²) in [5, 5.41) is 6.74. The number of amides is 1. The highest BCUT2D eigenvalue weighted by Crippen LogP contribution is 2.26. The Morgan fingerprint density at radius 2 is 1.84 bits per heavy atom. The van der Waals surface area contributed by atoms with Crippen molar-refractivity contribution in [2.45, 2.75) is 19.9 Å². The number of hydrogen-bond donors (Lipinski definition) is 1. The van der Waals surface area contributed by atoms with E-state index >= 15 is 0 Å². The average Bonchev–Trinajstić information content (AvgIpc) is 2.89. The van der Waals surface area contributed by atoms with E-state index < -0.39 is 15.9 Å². The van der Waals surface area contributed by atoms with Crippen LogP contribution in [0.15, 0.2) is 34.9 Å². The molecule has 1 atom stereocenters. The van der Waals surface area contributed by atoms with Crippen LogP contribution in [0.4, 0.5) is 5.69 Å². The van der Waals surface area contributed by atoms with Crippen LogP contribution in [0.3, 0.4) is 0 Å². The molecule has 1 saturated heterocycles. The Morgan fingerprint density at radius 1 is 1.20 bits per heavy atom. The number of carbonyl (C=O) groups is 1. The smallest absolute Gasteiger partial charge is 0.246 e. The highest BCUT2D eigenvalue weighted by molar-refractivity contribution is 7.91. The Kier molecular flexibility index (Phi) is 4.91. The first kappa shape index (κ1) is 17.6. The van der Waals surface area contributed by atoms with Crippen molar-refractivity contribution in [3.05, 3.63) is 47.3 Å². The van der Waals surface area contributed by atoms with E-state index in [-0.39, 0.29) is 17.4 Å². The molecule has 1 N–H and O–H groups in total. The molecule has 0 bridgehead atoms. The molecule has 1 aliphatic rings. The van der Waals surface area contributed by atoms with Crippen molar-refractivity contribution in [3.63, 3.8) is 0 Å². The zero-order chi connectivity index (χ0) is 18.0. The van der Waals surface area contributed by atoms with E-state index in [4.69, 9.17) is 4.52 Å². The summed E-state index contributed by atoms with van der Waals surface area (Å²) in [4.78, 5) is 14.9. The number of sulfone groups is 1. The van der Waals surface area contributed by atoms with E-state index in [1.54, 1.807) is 13.8 Å². The van der Waals surface area contributed by atoms with Gasteiger partial charge < -0.3 is 9.84 Å². The van der Waals surface area contributed by atoms with Gasteiger partial charge in [0.05, 0.1) is 11.5 Å². The molecule has 0 spiro atoms. The zero-order valence-electron chi connectivity index (χ0n) is 14.2. The average molecular weight is 363 g/mol. The number of rotatable bonds is 4. The lowest BCUT2D eigenvalue weighted by atomic mass is 10.0. The first-order chi connectivity index (χ1) is 11.9. The van der Waals surface area contributed by atoms with Crippen molar-refractivity contribution >= 4 is 21.4 Å². The second-order valence-corrected chi connectivity index (χ2v) is 8.49. The molecule has 8 heteroatoms. The molecule has 1 unspecified atom stereocenters. The van der Waals surface area contributed by atoms with Crippen molar-refractivity contribution in [2.24, 2.45) is 0 Å². The van der Waals surface area contributed by atoms with Crippen LogP contribution in [0.25, 0.3) is 0 Å². The Balaban J connectivity index is 1.88. The molecular weight excluding hydrogens is 342 g/mol. The van der Waals surface area contributed by atoms with Gasteiger partial charge in [0.2, 0.25) is 5.91 Å². The van der Waals surface area contributed by atoms with Gasteiger partial charge in [-0.3, -0.25) is 9.69 Å². The number of carbonyl (C=O) groups excluding carboxylic acids is 1. The fraction of sp³-hybridized carbons (Fsp3) is 0.412. The number of aromatic nitrogens is 1. The third kappa shape index (κ3) is 3.91. The lowest BCUT2D eigenvalue weighted by molar-refractivity contribution is -0.121. The standard InChI is InChI=1S/C17H21N3O4S/c1-12-15(13(2)24-19-12)18-17(21)16(14-6-4-3-5-7-14)20-8-10-25(22,23)11-9-20/h3-7,16H,8-11H2,1-2H3,(H,18,21). The summed E-state index contributed by atoms with van der Waals surface area (Å²) >= 11 is 0. The maximum Gasteiger partial charge on any atom is 0.246 e. The summed E-state index contributed by atoms with van der Waals surface area (Å²) in [6, 6.07) is 8.80. The minimum atomic E-state index is -3.02. The second kappa shape index (κ2) is 6.97. The van der Waals surface area contributed by atoms with Crippen molar-refractivity contribution in [1.82, 2.24) is 10.1 Å². The molecule has 7 nitrogen and oxygen atoms in total. The predicted octanol–water partition coefficient (Wildman–Crippen LogP) is 1.70. The Hall–Kier alpha value is -2.19. The molecule has 0 aliphatic carbocycles. The fourth-order valence-electron chi connectivity index (χ4n) is 3.00. The van der Waals surface area contributed by atoms with Crippen LogP contribution in [-0.2, 0) is 14.6 Å². The van der Waals surface area contributed by atoms with Gasteiger partial charge in [-0.15, -0.1) is 0 Å². The summed E-state index contributed by atoms with van der Waals surface area (Å²) in [6.07, 6.45) is 0. The minimum absolute atomic E-state index is 0.0644. The molecule has 1 fully saturated rings. The van der Waals surface area contributed by atoms with Gasteiger partial charge >= 0.3 is 0 Å². The third-order valence-corrected chi connectivity index (χ3v) is 6.00. The van der Waals surface area contributed by atoms with Crippen LogP contribution in [-0.4, -0.2) is 49.0 Å². The number of benzene rings is 1. The number of nitrogens with one attached hydrogen (secondary N) is 1. The first-order valence-corrected chi connectivity index (χ1v) is 9.93. The topological polar surface area (TPSA) is 92.5 Å². The highest BCUT2D eigenvalue weighted by atomic mass is 32.2. The van der Waals surface area contributed by atoms with Crippen LogP contribution in [0.2, 0.25) is 0 Å². The Labute approximate surface area is 146 Å². The molecule has 0 radical (unpaired) electrons. The Morgan fingerprint density at radius 3 is 2.40 bits per heavy atom. The number of hydrogen-bond acceptors (Lipinski definition) is 6. The van der Waals surface area contributed by atoms with Gasteiger partial charge in [0.25, 0.3) is 0 Å². The monoisotopic (exact) mass is 363 g/mol. The summed E-state index contributed by atoms with van der Waals surface area (Å²) < 4.78 is 28.5. The molecule has 134 valence electrons. The summed E-state index contributed by atoms with van der Waals surface area (Å²) in [5.74, 6) is 0.447. The van der Waals surface area contributed by atoms with E-state index in [2.05, 4.69) is 10.5 Å². The number of anilines is 1. The molecule has 1 amide bonds. The summed E-state index contributed by atoms with van der Waals surface area (Å²) in [5.41, 5.74) is 2.00. The molecule has 1 aromatic heterocycles. The number of nitrogens with zero attached hydrogens (tertiary/aromatic N) is 2. The normalized spacial score (nSPS) is 18.6. The SMILES string of the molecule is Cc1noc(C)c1NC(=O)C(c1ccccc1)N1CCS(=O)(=O)CC1. The van der Waals surface area contributed by atoms with Gasteiger partial charge in [-0.2, -0.15) is 0 Å². The van der Waals surface area contributed by atoms with Crippen LogP contribution in [0.5, 0.6) is 0 Å². The highest BCUT2D eigenvalue weighted by Gasteiger charge is 2.33.